The number of methoxy groups -OCH3 is 1. The van der Waals surface area contributed by atoms with Crippen molar-refractivity contribution in [2.45, 2.75) is 43.3 Å². The zero-order valence-electron chi connectivity index (χ0n) is 12.7. The van der Waals surface area contributed by atoms with Gasteiger partial charge in [0.1, 0.15) is 5.75 Å². The molecule has 1 aromatic carbocycles. The molecule has 5 nitrogen and oxygen atoms in total. The van der Waals surface area contributed by atoms with Gasteiger partial charge in [-0.3, -0.25) is 4.79 Å². The lowest BCUT2D eigenvalue weighted by Gasteiger charge is -2.16. The van der Waals surface area contributed by atoms with Gasteiger partial charge in [0.15, 0.2) is 15.1 Å². The number of sulfone groups is 1. The lowest BCUT2D eigenvalue weighted by molar-refractivity contribution is -0.142. The van der Waals surface area contributed by atoms with Crippen molar-refractivity contribution in [2.75, 3.05) is 13.7 Å². The number of ether oxygens (including phenoxy) is 2. The third kappa shape index (κ3) is 4.46. The summed E-state index contributed by atoms with van der Waals surface area (Å²) in [6.45, 7) is 3.77. The summed E-state index contributed by atoms with van der Waals surface area (Å²) in [6.07, 6.45) is 1.73. The molecule has 1 rings (SSSR count). The molecule has 0 aliphatic heterocycles. The fourth-order valence-corrected chi connectivity index (χ4v) is 3.60. The number of esters is 1. The average Bonchev–Trinajstić information content (AvgIpc) is 2.47. The van der Waals surface area contributed by atoms with Crippen LogP contribution < -0.4 is 4.74 Å². The van der Waals surface area contributed by atoms with E-state index in [1.165, 1.54) is 19.2 Å². The molecule has 0 aliphatic carbocycles. The monoisotopic (exact) mass is 314 g/mol. The maximum atomic E-state index is 12.6. The summed E-state index contributed by atoms with van der Waals surface area (Å²) < 4.78 is 35.1. The van der Waals surface area contributed by atoms with E-state index < -0.39 is 21.1 Å². The van der Waals surface area contributed by atoms with Gasteiger partial charge in [-0.05, 0) is 37.6 Å². The Labute approximate surface area is 126 Å². The summed E-state index contributed by atoms with van der Waals surface area (Å²) in [5.74, 6) is -0.114. The third-order valence-electron chi connectivity index (χ3n) is 3.13. The number of hydrogen-bond donors (Lipinski definition) is 0. The summed E-state index contributed by atoms with van der Waals surface area (Å²) in [5.41, 5.74) is 0. The molecule has 0 saturated heterocycles. The minimum atomic E-state index is -3.75. The predicted molar refractivity (Wildman–Crippen MR) is 80.1 cm³/mol. The van der Waals surface area contributed by atoms with Crippen molar-refractivity contribution >= 4 is 15.8 Å². The quantitative estimate of drug-likeness (QED) is 0.690. The van der Waals surface area contributed by atoms with Crippen LogP contribution in [0.1, 0.15) is 33.1 Å². The van der Waals surface area contributed by atoms with Gasteiger partial charge >= 0.3 is 5.97 Å². The smallest absolute Gasteiger partial charge is 0.324 e. The van der Waals surface area contributed by atoms with E-state index >= 15 is 0 Å². The van der Waals surface area contributed by atoms with Crippen LogP contribution in [0.15, 0.2) is 29.2 Å². The van der Waals surface area contributed by atoms with Gasteiger partial charge in [0.05, 0.1) is 18.6 Å². The fraction of sp³-hybridized carbons (Fsp3) is 0.533. The Hall–Kier alpha value is -1.56. The van der Waals surface area contributed by atoms with Crippen LogP contribution in [0.2, 0.25) is 0 Å². The predicted octanol–water partition coefficient (Wildman–Crippen LogP) is 2.59. The molecular formula is C15H22O5S. The van der Waals surface area contributed by atoms with E-state index in [0.717, 1.165) is 6.42 Å². The molecule has 1 atom stereocenters. The fourth-order valence-electron chi connectivity index (χ4n) is 1.95. The Morgan fingerprint density at radius 2 is 1.81 bits per heavy atom. The van der Waals surface area contributed by atoms with Gasteiger partial charge in [0.2, 0.25) is 0 Å². The van der Waals surface area contributed by atoms with E-state index in [2.05, 4.69) is 0 Å². The first-order valence-corrected chi connectivity index (χ1v) is 8.56. The first-order valence-electron chi connectivity index (χ1n) is 7.01. The molecule has 6 heteroatoms. The van der Waals surface area contributed by atoms with Crippen molar-refractivity contribution in [3.05, 3.63) is 24.3 Å². The van der Waals surface area contributed by atoms with Crippen LogP contribution in [-0.4, -0.2) is 33.4 Å². The Bertz CT molecular complexity index is 548. The molecule has 0 bridgehead atoms. The molecule has 0 saturated carbocycles. The van der Waals surface area contributed by atoms with Gasteiger partial charge < -0.3 is 9.47 Å². The van der Waals surface area contributed by atoms with Crippen LogP contribution in [0.3, 0.4) is 0 Å². The number of benzene rings is 1. The Balaban J connectivity index is 3.09. The maximum absolute atomic E-state index is 12.6. The highest BCUT2D eigenvalue weighted by atomic mass is 32.2. The zero-order valence-corrected chi connectivity index (χ0v) is 13.5. The second kappa shape index (κ2) is 8.02. The number of carbonyl (C=O) groups is 1. The maximum Gasteiger partial charge on any atom is 0.324 e. The van der Waals surface area contributed by atoms with Gasteiger partial charge in [-0.25, -0.2) is 8.42 Å². The molecule has 21 heavy (non-hydrogen) atoms. The summed E-state index contributed by atoms with van der Waals surface area (Å²) >= 11 is 0. The topological polar surface area (TPSA) is 69.7 Å². The van der Waals surface area contributed by atoms with E-state index in [-0.39, 0.29) is 17.9 Å². The summed E-state index contributed by atoms with van der Waals surface area (Å²) in [7, 11) is -2.24. The van der Waals surface area contributed by atoms with Crippen LogP contribution in [0, 0.1) is 0 Å². The van der Waals surface area contributed by atoms with Crippen molar-refractivity contribution in [2.24, 2.45) is 0 Å². The van der Waals surface area contributed by atoms with E-state index in [4.69, 9.17) is 9.47 Å². The van der Waals surface area contributed by atoms with Gasteiger partial charge in [0, 0.05) is 0 Å². The molecule has 0 aliphatic rings. The van der Waals surface area contributed by atoms with Gasteiger partial charge in [-0.15, -0.1) is 0 Å². The van der Waals surface area contributed by atoms with E-state index in [1.54, 1.807) is 19.1 Å². The lowest BCUT2D eigenvalue weighted by Crippen LogP contribution is -2.32. The molecule has 0 heterocycles. The normalized spacial score (nSPS) is 12.7. The molecule has 0 aromatic heterocycles. The van der Waals surface area contributed by atoms with Crippen molar-refractivity contribution < 1.29 is 22.7 Å². The Morgan fingerprint density at radius 3 is 2.29 bits per heavy atom. The molecule has 0 radical (unpaired) electrons. The third-order valence-corrected chi connectivity index (χ3v) is 5.24. The molecule has 118 valence electrons. The number of unbranched alkanes of at least 4 members (excludes halogenated alkanes) is 1. The molecule has 1 aromatic rings. The van der Waals surface area contributed by atoms with E-state index in [1.807, 2.05) is 6.92 Å². The highest BCUT2D eigenvalue weighted by Crippen LogP contribution is 2.23. The highest BCUT2D eigenvalue weighted by Gasteiger charge is 2.34. The summed E-state index contributed by atoms with van der Waals surface area (Å²) in [5, 5.41) is -1.15. The van der Waals surface area contributed by atoms with Gasteiger partial charge in [-0.1, -0.05) is 19.8 Å². The molecular weight excluding hydrogens is 292 g/mol. The van der Waals surface area contributed by atoms with Crippen LogP contribution in [0.4, 0.5) is 0 Å². The van der Waals surface area contributed by atoms with Crippen molar-refractivity contribution in [1.29, 1.82) is 0 Å². The van der Waals surface area contributed by atoms with E-state index in [9.17, 15) is 13.2 Å². The van der Waals surface area contributed by atoms with Crippen LogP contribution in [0.25, 0.3) is 0 Å². The largest absolute Gasteiger partial charge is 0.497 e. The average molecular weight is 314 g/mol. The van der Waals surface area contributed by atoms with Crippen molar-refractivity contribution in [3.8, 4) is 5.75 Å². The van der Waals surface area contributed by atoms with Gasteiger partial charge in [-0.2, -0.15) is 0 Å². The first-order chi connectivity index (χ1) is 9.97. The standard InChI is InChI=1S/C15H22O5S/c1-4-6-7-14(15(16)20-5-2)21(17,18)13-10-8-12(19-3)9-11-13/h8-11,14H,4-7H2,1-3H3. The minimum absolute atomic E-state index is 0.109. The van der Waals surface area contributed by atoms with Crippen LogP contribution in [0.5, 0.6) is 5.75 Å². The van der Waals surface area contributed by atoms with Crippen molar-refractivity contribution in [1.82, 2.24) is 0 Å². The van der Waals surface area contributed by atoms with Crippen LogP contribution >= 0.6 is 0 Å². The minimum Gasteiger partial charge on any atom is -0.497 e. The SMILES string of the molecule is CCCCC(C(=O)OCC)S(=O)(=O)c1ccc(OC)cc1. The van der Waals surface area contributed by atoms with Crippen molar-refractivity contribution in [3.63, 3.8) is 0 Å². The Morgan fingerprint density at radius 1 is 1.19 bits per heavy atom. The molecule has 0 fully saturated rings. The summed E-state index contributed by atoms with van der Waals surface area (Å²) in [6, 6.07) is 6.03. The number of carbonyl (C=O) groups excluding carboxylic acids is 1. The highest BCUT2D eigenvalue weighted by molar-refractivity contribution is 7.92. The lowest BCUT2D eigenvalue weighted by atomic mass is 10.2. The number of rotatable bonds is 8. The zero-order chi connectivity index (χ0) is 15.9. The Kier molecular flexibility index (Phi) is 6.68. The number of hydrogen-bond acceptors (Lipinski definition) is 5. The molecule has 0 N–H and O–H groups in total. The van der Waals surface area contributed by atoms with E-state index in [0.29, 0.717) is 12.2 Å². The summed E-state index contributed by atoms with van der Waals surface area (Å²) in [4.78, 5) is 12.1. The van der Waals surface area contributed by atoms with Gasteiger partial charge in [0.25, 0.3) is 0 Å². The second-order valence-electron chi connectivity index (χ2n) is 4.60. The molecule has 0 amide bonds. The molecule has 1 unspecified atom stereocenters. The first kappa shape index (κ1) is 17.5. The van der Waals surface area contributed by atoms with Crippen LogP contribution in [-0.2, 0) is 19.4 Å². The second-order valence-corrected chi connectivity index (χ2v) is 6.73. The molecule has 0 spiro atoms.